The maximum atomic E-state index is 5.98. The second kappa shape index (κ2) is 6.22. The van der Waals surface area contributed by atoms with E-state index in [0.29, 0.717) is 11.9 Å². The van der Waals surface area contributed by atoms with Crippen molar-refractivity contribution in [2.45, 2.75) is 39.2 Å². The number of nitrogens with zero attached hydrogens (tertiary/aromatic N) is 1. The van der Waals surface area contributed by atoms with Crippen LogP contribution < -0.4 is 5.32 Å². The van der Waals surface area contributed by atoms with Crippen molar-refractivity contribution in [2.75, 3.05) is 5.32 Å². The Balaban J connectivity index is 1.82. The zero-order valence-corrected chi connectivity index (χ0v) is 13.3. The number of aliphatic imine (C=N–C) groups is 1. The highest BCUT2D eigenvalue weighted by Gasteiger charge is 2.22. The molecular formula is C19H22N2O. The van der Waals surface area contributed by atoms with E-state index in [9.17, 15) is 0 Å². The average Bonchev–Trinajstić information content (AvgIpc) is 2.54. The quantitative estimate of drug-likeness (QED) is 0.823. The van der Waals surface area contributed by atoms with Gasteiger partial charge in [0.2, 0.25) is 0 Å². The number of anilines is 1. The lowest BCUT2D eigenvalue weighted by Crippen LogP contribution is -2.22. The molecule has 0 saturated carbocycles. The van der Waals surface area contributed by atoms with Gasteiger partial charge in [-0.15, -0.1) is 0 Å². The van der Waals surface area contributed by atoms with Crippen LogP contribution in [0, 0.1) is 0 Å². The summed E-state index contributed by atoms with van der Waals surface area (Å²) in [6.45, 7) is 6.51. The van der Waals surface area contributed by atoms with Gasteiger partial charge in [0.15, 0.2) is 0 Å². The van der Waals surface area contributed by atoms with Gasteiger partial charge in [-0.05, 0) is 36.1 Å². The van der Waals surface area contributed by atoms with Crippen LogP contribution >= 0.6 is 0 Å². The molecule has 1 unspecified atom stereocenters. The van der Waals surface area contributed by atoms with Gasteiger partial charge < -0.3 is 10.1 Å². The van der Waals surface area contributed by atoms with Crippen LogP contribution in [-0.4, -0.2) is 6.02 Å². The molecule has 22 heavy (non-hydrogen) atoms. The molecule has 0 spiro atoms. The van der Waals surface area contributed by atoms with Gasteiger partial charge in [-0.1, -0.05) is 51.1 Å². The monoisotopic (exact) mass is 294 g/mol. The second-order valence-electron chi connectivity index (χ2n) is 5.89. The molecule has 1 heterocycles. The molecule has 3 nitrogen and oxygen atoms in total. The molecular weight excluding hydrogens is 272 g/mol. The Morgan fingerprint density at radius 2 is 1.82 bits per heavy atom. The maximum Gasteiger partial charge on any atom is 0.295 e. The normalized spacial score (nSPS) is 16.7. The number of rotatable bonds is 3. The molecule has 1 N–H and O–H groups in total. The Hall–Kier alpha value is -2.29. The molecule has 0 amide bonds. The van der Waals surface area contributed by atoms with E-state index < -0.39 is 0 Å². The summed E-state index contributed by atoms with van der Waals surface area (Å²) in [6.07, 6.45) is 0.982. The lowest BCUT2D eigenvalue weighted by atomic mass is 10.0. The molecule has 2 aromatic carbocycles. The van der Waals surface area contributed by atoms with Crippen molar-refractivity contribution >= 4 is 17.4 Å². The number of ether oxygens (including phenoxy) is 1. The minimum Gasteiger partial charge on any atom is -0.457 e. The summed E-state index contributed by atoms with van der Waals surface area (Å²) in [5.74, 6) is 0.536. The standard InChI is InChI=1S/C19H22N2O/c1-4-18-16-7-5-6-8-17(16)21-19(22-18)20-15-11-9-14(10-12-15)13(2)3/h5-13,18H,4H2,1-3H3,(H,20,21). The fraction of sp³-hybridized carbons (Fsp3) is 0.316. The van der Waals surface area contributed by atoms with Crippen LogP contribution in [0.15, 0.2) is 53.5 Å². The average molecular weight is 294 g/mol. The Morgan fingerprint density at radius 3 is 2.50 bits per heavy atom. The minimum atomic E-state index is 0.0612. The minimum absolute atomic E-state index is 0.0612. The highest BCUT2D eigenvalue weighted by molar-refractivity contribution is 5.92. The van der Waals surface area contributed by atoms with Crippen molar-refractivity contribution < 1.29 is 4.74 Å². The van der Waals surface area contributed by atoms with Crippen molar-refractivity contribution in [3.63, 3.8) is 0 Å². The summed E-state index contributed by atoms with van der Waals surface area (Å²) >= 11 is 0. The number of hydrogen-bond donors (Lipinski definition) is 1. The summed E-state index contributed by atoms with van der Waals surface area (Å²) in [5.41, 5.74) is 4.47. The zero-order valence-electron chi connectivity index (χ0n) is 13.3. The Bertz CT molecular complexity index is 674. The van der Waals surface area contributed by atoms with Crippen LogP contribution in [0.4, 0.5) is 11.4 Å². The highest BCUT2D eigenvalue weighted by atomic mass is 16.5. The first-order valence-corrected chi connectivity index (χ1v) is 7.88. The van der Waals surface area contributed by atoms with Crippen molar-refractivity contribution in [1.82, 2.24) is 0 Å². The van der Waals surface area contributed by atoms with Crippen molar-refractivity contribution in [3.05, 3.63) is 59.7 Å². The van der Waals surface area contributed by atoms with E-state index in [4.69, 9.17) is 4.74 Å². The molecule has 1 atom stereocenters. The predicted molar refractivity (Wildman–Crippen MR) is 91.8 cm³/mol. The van der Waals surface area contributed by atoms with E-state index in [0.717, 1.165) is 23.4 Å². The molecule has 3 heteroatoms. The summed E-state index contributed by atoms with van der Waals surface area (Å²) in [4.78, 5) is 4.58. The molecule has 0 fully saturated rings. The highest BCUT2D eigenvalue weighted by Crippen LogP contribution is 2.34. The largest absolute Gasteiger partial charge is 0.457 e. The fourth-order valence-corrected chi connectivity index (χ4v) is 2.63. The van der Waals surface area contributed by atoms with Gasteiger partial charge in [0.1, 0.15) is 6.10 Å². The number of para-hydroxylation sites is 1. The number of hydrogen-bond acceptors (Lipinski definition) is 3. The van der Waals surface area contributed by atoms with Crippen LogP contribution in [0.25, 0.3) is 0 Å². The molecule has 3 rings (SSSR count). The second-order valence-corrected chi connectivity index (χ2v) is 5.89. The fourth-order valence-electron chi connectivity index (χ4n) is 2.63. The first-order chi connectivity index (χ1) is 10.7. The van der Waals surface area contributed by atoms with E-state index in [-0.39, 0.29) is 6.10 Å². The van der Waals surface area contributed by atoms with Gasteiger partial charge in [0.05, 0.1) is 5.69 Å². The smallest absolute Gasteiger partial charge is 0.295 e. The first kappa shape index (κ1) is 14.6. The van der Waals surface area contributed by atoms with Gasteiger partial charge in [0.25, 0.3) is 6.02 Å². The summed E-state index contributed by atoms with van der Waals surface area (Å²) in [6, 6.07) is 17.2. The first-order valence-electron chi connectivity index (χ1n) is 7.88. The molecule has 1 aliphatic heterocycles. The van der Waals surface area contributed by atoms with Crippen LogP contribution in [0.1, 0.15) is 50.3 Å². The van der Waals surface area contributed by atoms with Crippen molar-refractivity contribution in [2.24, 2.45) is 4.99 Å². The number of benzene rings is 2. The molecule has 0 aromatic heterocycles. The summed E-state index contributed by atoms with van der Waals surface area (Å²) in [5, 5.41) is 3.28. The van der Waals surface area contributed by atoms with E-state index >= 15 is 0 Å². The number of fused-ring (bicyclic) bond motifs is 1. The third kappa shape index (κ3) is 2.98. The van der Waals surface area contributed by atoms with E-state index in [1.165, 1.54) is 5.56 Å². The van der Waals surface area contributed by atoms with Crippen molar-refractivity contribution in [1.29, 1.82) is 0 Å². The third-order valence-corrected chi connectivity index (χ3v) is 3.96. The predicted octanol–water partition coefficient (Wildman–Crippen LogP) is 5.39. The molecule has 1 aliphatic rings. The van der Waals surface area contributed by atoms with Gasteiger partial charge in [-0.25, -0.2) is 0 Å². The summed E-state index contributed by atoms with van der Waals surface area (Å²) < 4.78 is 5.98. The van der Waals surface area contributed by atoms with E-state index in [2.05, 4.69) is 61.4 Å². The Morgan fingerprint density at radius 1 is 1.09 bits per heavy atom. The topological polar surface area (TPSA) is 33.6 Å². The van der Waals surface area contributed by atoms with Crippen molar-refractivity contribution in [3.8, 4) is 0 Å². The zero-order chi connectivity index (χ0) is 15.5. The van der Waals surface area contributed by atoms with E-state index in [1.54, 1.807) is 0 Å². The molecule has 2 aromatic rings. The van der Waals surface area contributed by atoms with Crippen LogP contribution in [0.3, 0.4) is 0 Å². The Kier molecular flexibility index (Phi) is 4.14. The number of amidine groups is 1. The SMILES string of the molecule is CCC1OC(Nc2ccc(C(C)C)cc2)=Nc2ccccc21. The molecule has 0 aliphatic carbocycles. The summed E-state index contributed by atoms with van der Waals surface area (Å²) in [7, 11) is 0. The third-order valence-electron chi connectivity index (χ3n) is 3.96. The maximum absolute atomic E-state index is 5.98. The molecule has 0 bridgehead atoms. The Labute approximate surface area is 132 Å². The number of nitrogens with one attached hydrogen (secondary N) is 1. The molecule has 0 saturated heterocycles. The van der Waals surface area contributed by atoms with Crippen LogP contribution in [0.5, 0.6) is 0 Å². The van der Waals surface area contributed by atoms with Crippen LogP contribution in [-0.2, 0) is 4.74 Å². The van der Waals surface area contributed by atoms with Gasteiger partial charge in [-0.3, -0.25) is 0 Å². The van der Waals surface area contributed by atoms with Gasteiger partial charge >= 0.3 is 0 Å². The van der Waals surface area contributed by atoms with Gasteiger partial charge in [-0.2, -0.15) is 4.99 Å². The molecule has 114 valence electrons. The van der Waals surface area contributed by atoms with Crippen LogP contribution in [0.2, 0.25) is 0 Å². The molecule has 0 radical (unpaired) electrons. The van der Waals surface area contributed by atoms with Gasteiger partial charge in [0, 0.05) is 11.3 Å². The lowest BCUT2D eigenvalue weighted by Gasteiger charge is -2.25. The lowest BCUT2D eigenvalue weighted by molar-refractivity contribution is 0.182. The van der Waals surface area contributed by atoms with E-state index in [1.807, 2.05) is 18.2 Å².